The number of carboxylic acid groups (broad SMARTS) is 1. The number of aromatic carboxylic acids is 1. The molecule has 0 aliphatic rings. The maximum atomic E-state index is 11.0. The van der Waals surface area contributed by atoms with Crippen LogP contribution < -0.4 is 5.32 Å². The van der Waals surface area contributed by atoms with Gasteiger partial charge in [0.2, 0.25) is 0 Å². The van der Waals surface area contributed by atoms with Gasteiger partial charge in [0.15, 0.2) is 0 Å². The molecule has 1 aromatic heterocycles. The van der Waals surface area contributed by atoms with Gasteiger partial charge in [-0.2, -0.15) is 0 Å². The van der Waals surface area contributed by atoms with E-state index in [0.29, 0.717) is 5.56 Å². The van der Waals surface area contributed by atoms with Crippen molar-refractivity contribution in [3.63, 3.8) is 0 Å². The number of thiophene rings is 1. The van der Waals surface area contributed by atoms with Crippen molar-refractivity contribution in [2.75, 3.05) is 7.05 Å². The zero-order valence-corrected chi connectivity index (χ0v) is 9.10. The average Bonchev–Trinajstić information content (AvgIpc) is 2.59. The fourth-order valence-corrected chi connectivity index (χ4v) is 2.72. The summed E-state index contributed by atoms with van der Waals surface area (Å²) in [5.74, 6) is -0.863. The molecule has 0 saturated heterocycles. The van der Waals surface area contributed by atoms with Crippen molar-refractivity contribution in [1.82, 2.24) is 5.32 Å². The number of nitrogens with one attached hydrogen (secondary N) is 1. The summed E-state index contributed by atoms with van der Waals surface area (Å²) in [5.41, 5.74) is 0.389. The lowest BCUT2D eigenvalue weighted by atomic mass is 10.1. The largest absolute Gasteiger partial charge is 0.478 e. The standard InChI is InChI=1S/C11H11NO2S/c1-12-6-8-5-7-3-2-4-9(11(13)14)10(7)15-8/h2-5,12H,6H2,1H3,(H,13,14). The molecular formula is C11H11NO2S. The van der Waals surface area contributed by atoms with Crippen molar-refractivity contribution in [2.24, 2.45) is 0 Å². The molecule has 3 nitrogen and oxygen atoms in total. The Hall–Kier alpha value is -1.39. The Morgan fingerprint density at radius 1 is 1.53 bits per heavy atom. The lowest BCUT2D eigenvalue weighted by molar-refractivity contribution is 0.0699. The van der Waals surface area contributed by atoms with E-state index in [1.165, 1.54) is 11.3 Å². The molecule has 0 unspecified atom stereocenters. The smallest absolute Gasteiger partial charge is 0.337 e. The summed E-state index contributed by atoms with van der Waals surface area (Å²) in [5, 5.41) is 13.1. The summed E-state index contributed by atoms with van der Waals surface area (Å²) in [6.07, 6.45) is 0. The van der Waals surface area contributed by atoms with Gasteiger partial charge in [0.25, 0.3) is 0 Å². The van der Waals surface area contributed by atoms with Gasteiger partial charge in [0.1, 0.15) is 0 Å². The number of carboxylic acids is 1. The minimum absolute atomic E-state index is 0.389. The molecule has 0 aliphatic heterocycles. The fraction of sp³-hybridized carbons (Fsp3) is 0.182. The molecule has 2 N–H and O–H groups in total. The van der Waals surface area contributed by atoms with Crippen LogP contribution in [0.5, 0.6) is 0 Å². The molecule has 0 bridgehead atoms. The first-order valence-electron chi connectivity index (χ1n) is 4.61. The number of hydrogen-bond donors (Lipinski definition) is 2. The van der Waals surface area contributed by atoms with Crippen LogP contribution in [0.1, 0.15) is 15.2 Å². The third-order valence-electron chi connectivity index (χ3n) is 2.18. The van der Waals surface area contributed by atoms with E-state index in [4.69, 9.17) is 5.11 Å². The van der Waals surface area contributed by atoms with Gasteiger partial charge in [-0.1, -0.05) is 12.1 Å². The van der Waals surface area contributed by atoms with Crippen LogP contribution in [0.4, 0.5) is 0 Å². The van der Waals surface area contributed by atoms with Crippen molar-refractivity contribution in [3.8, 4) is 0 Å². The highest BCUT2D eigenvalue weighted by Crippen LogP contribution is 2.28. The molecule has 2 rings (SSSR count). The van der Waals surface area contributed by atoms with Crippen LogP contribution >= 0.6 is 11.3 Å². The van der Waals surface area contributed by atoms with Gasteiger partial charge >= 0.3 is 5.97 Å². The van der Waals surface area contributed by atoms with Gasteiger partial charge < -0.3 is 10.4 Å². The Bertz CT molecular complexity index is 504. The quantitative estimate of drug-likeness (QED) is 0.836. The van der Waals surface area contributed by atoms with Crippen LogP contribution in [0.25, 0.3) is 10.1 Å². The van der Waals surface area contributed by atoms with Crippen molar-refractivity contribution < 1.29 is 9.90 Å². The van der Waals surface area contributed by atoms with Crippen LogP contribution in [0.2, 0.25) is 0 Å². The molecule has 1 aromatic carbocycles. The van der Waals surface area contributed by atoms with Gasteiger partial charge in [-0.25, -0.2) is 4.79 Å². The SMILES string of the molecule is CNCc1cc2cccc(C(=O)O)c2s1. The van der Waals surface area contributed by atoms with E-state index in [0.717, 1.165) is 21.5 Å². The summed E-state index contributed by atoms with van der Waals surface area (Å²) in [4.78, 5) is 12.1. The zero-order valence-electron chi connectivity index (χ0n) is 8.28. The molecule has 15 heavy (non-hydrogen) atoms. The topological polar surface area (TPSA) is 49.3 Å². The second-order valence-corrected chi connectivity index (χ2v) is 4.41. The minimum Gasteiger partial charge on any atom is -0.478 e. The molecule has 4 heteroatoms. The van der Waals surface area contributed by atoms with Crippen LogP contribution in [0, 0.1) is 0 Å². The van der Waals surface area contributed by atoms with Crippen LogP contribution in [-0.4, -0.2) is 18.1 Å². The molecule has 78 valence electrons. The Morgan fingerprint density at radius 3 is 3.00 bits per heavy atom. The maximum absolute atomic E-state index is 11.0. The Labute approximate surface area is 91.4 Å². The van der Waals surface area contributed by atoms with Crippen molar-refractivity contribution in [2.45, 2.75) is 6.54 Å². The molecule has 0 radical (unpaired) electrons. The maximum Gasteiger partial charge on any atom is 0.337 e. The fourth-order valence-electron chi connectivity index (χ4n) is 1.55. The van der Waals surface area contributed by atoms with Crippen LogP contribution in [0.3, 0.4) is 0 Å². The van der Waals surface area contributed by atoms with Gasteiger partial charge in [0.05, 0.1) is 5.56 Å². The highest BCUT2D eigenvalue weighted by molar-refractivity contribution is 7.19. The number of fused-ring (bicyclic) bond motifs is 1. The molecule has 0 spiro atoms. The van der Waals surface area contributed by atoms with Crippen molar-refractivity contribution in [3.05, 3.63) is 34.7 Å². The van der Waals surface area contributed by atoms with Gasteiger partial charge in [-0.15, -0.1) is 11.3 Å². The first-order valence-corrected chi connectivity index (χ1v) is 5.43. The lowest BCUT2D eigenvalue weighted by Gasteiger charge is -1.94. The molecule has 0 amide bonds. The summed E-state index contributed by atoms with van der Waals surface area (Å²) < 4.78 is 0.857. The van der Waals surface area contributed by atoms with E-state index in [2.05, 4.69) is 5.32 Å². The number of hydrogen-bond acceptors (Lipinski definition) is 3. The predicted molar refractivity (Wildman–Crippen MR) is 61.5 cm³/mol. The Balaban J connectivity index is 2.59. The first kappa shape index (κ1) is 10.1. The Morgan fingerprint density at radius 2 is 2.33 bits per heavy atom. The molecule has 2 aromatic rings. The van der Waals surface area contributed by atoms with E-state index < -0.39 is 5.97 Å². The Kier molecular flexibility index (Phi) is 2.70. The van der Waals surface area contributed by atoms with Crippen LogP contribution in [0.15, 0.2) is 24.3 Å². The highest BCUT2D eigenvalue weighted by Gasteiger charge is 2.10. The third-order valence-corrected chi connectivity index (χ3v) is 3.36. The van der Waals surface area contributed by atoms with E-state index in [1.807, 2.05) is 19.2 Å². The second-order valence-electron chi connectivity index (χ2n) is 3.27. The minimum atomic E-state index is -0.863. The van der Waals surface area contributed by atoms with E-state index >= 15 is 0 Å². The normalized spacial score (nSPS) is 10.7. The molecule has 0 fully saturated rings. The third kappa shape index (κ3) is 1.86. The van der Waals surface area contributed by atoms with E-state index in [-0.39, 0.29) is 0 Å². The molecular weight excluding hydrogens is 210 g/mol. The zero-order chi connectivity index (χ0) is 10.8. The first-order chi connectivity index (χ1) is 7.22. The van der Waals surface area contributed by atoms with Gasteiger partial charge in [-0.05, 0) is 24.6 Å². The molecule has 0 aliphatic carbocycles. The van der Waals surface area contributed by atoms with Crippen molar-refractivity contribution >= 4 is 27.4 Å². The second kappa shape index (κ2) is 4.00. The number of benzene rings is 1. The highest BCUT2D eigenvalue weighted by atomic mass is 32.1. The van der Waals surface area contributed by atoms with Crippen LogP contribution in [-0.2, 0) is 6.54 Å². The van der Waals surface area contributed by atoms with E-state index in [9.17, 15) is 4.79 Å². The number of carbonyl (C=O) groups is 1. The van der Waals surface area contributed by atoms with E-state index in [1.54, 1.807) is 12.1 Å². The van der Waals surface area contributed by atoms with Gasteiger partial charge in [-0.3, -0.25) is 0 Å². The molecule has 0 atom stereocenters. The summed E-state index contributed by atoms with van der Waals surface area (Å²) in [6, 6.07) is 7.40. The summed E-state index contributed by atoms with van der Waals surface area (Å²) in [7, 11) is 1.88. The average molecular weight is 221 g/mol. The summed E-state index contributed by atoms with van der Waals surface area (Å²) in [6.45, 7) is 0.776. The predicted octanol–water partition coefficient (Wildman–Crippen LogP) is 2.32. The van der Waals surface area contributed by atoms with Crippen molar-refractivity contribution in [1.29, 1.82) is 0 Å². The summed E-state index contributed by atoms with van der Waals surface area (Å²) >= 11 is 1.53. The monoisotopic (exact) mass is 221 g/mol. The lowest BCUT2D eigenvalue weighted by Crippen LogP contribution is -2.02. The molecule has 1 heterocycles. The van der Waals surface area contributed by atoms with Gasteiger partial charge in [0, 0.05) is 16.1 Å². The molecule has 0 saturated carbocycles. The number of rotatable bonds is 3.